The highest BCUT2D eigenvalue weighted by molar-refractivity contribution is 5.90. The second kappa shape index (κ2) is 11.5. The van der Waals surface area contributed by atoms with Crippen molar-refractivity contribution in [3.05, 3.63) is 46.8 Å². The summed E-state index contributed by atoms with van der Waals surface area (Å²) in [5.41, 5.74) is -0.267. The molecule has 1 aromatic carbocycles. The first-order valence-electron chi connectivity index (χ1n) is 9.72. The number of esters is 1. The molecule has 0 saturated carbocycles. The summed E-state index contributed by atoms with van der Waals surface area (Å²) in [6.45, 7) is 7.12. The largest absolute Gasteiger partial charge is 0.528 e. The van der Waals surface area contributed by atoms with Crippen molar-refractivity contribution in [1.82, 2.24) is 0 Å². The molecule has 0 aliphatic rings. The van der Waals surface area contributed by atoms with Gasteiger partial charge in [0.2, 0.25) is 0 Å². The van der Waals surface area contributed by atoms with Crippen LogP contribution in [0, 0.1) is 12.0 Å². The average Bonchev–Trinajstić information content (AvgIpc) is 2.70. The zero-order chi connectivity index (χ0) is 21.9. The molecule has 30 heavy (non-hydrogen) atoms. The van der Waals surface area contributed by atoms with Crippen LogP contribution in [-0.4, -0.2) is 12.1 Å². The summed E-state index contributed by atoms with van der Waals surface area (Å²) in [6.07, 6.45) is 7.41. The molecule has 0 N–H and O–H groups in total. The summed E-state index contributed by atoms with van der Waals surface area (Å²) in [5.74, 6) is 1.82. The molecule has 0 fully saturated rings. The number of hydrogen-bond acceptors (Lipinski definition) is 7. The van der Waals surface area contributed by atoms with Crippen LogP contribution in [0.5, 0.6) is 11.5 Å². The van der Waals surface area contributed by atoms with E-state index in [4.69, 9.17) is 18.6 Å². The van der Waals surface area contributed by atoms with Crippen LogP contribution >= 0.6 is 0 Å². The van der Waals surface area contributed by atoms with E-state index in [9.17, 15) is 14.4 Å². The van der Waals surface area contributed by atoms with E-state index in [0.717, 1.165) is 19.3 Å². The molecule has 1 aromatic heterocycles. The fourth-order valence-corrected chi connectivity index (χ4v) is 2.48. The number of unbranched alkanes of at least 4 members (excludes halogenated alkanes) is 5. The fourth-order valence-electron chi connectivity index (χ4n) is 2.48. The lowest BCUT2D eigenvalue weighted by Gasteiger charge is -2.10. The molecule has 0 aliphatic heterocycles. The Morgan fingerprint density at radius 2 is 1.80 bits per heavy atom. The first kappa shape index (κ1) is 22.8. The average molecular weight is 412 g/mol. The maximum absolute atomic E-state index is 12.0. The molecule has 0 aliphatic carbocycles. The van der Waals surface area contributed by atoms with Crippen LogP contribution in [0.1, 0.15) is 52.4 Å². The van der Waals surface area contributed by atoms with Crippen LogP contribution in [0.3, 0.4) is 0 Å². The van der Waals surface area contributed by atoms with Gasteiger partial charge in [-0.3, -0.25) is 0 Å². The van der Waals surface area contributed by atoms with E-state index in [1.807, 2.05) is 0 Å². The van der Waals surface area contributed by atoms with Crippen molar-refractivity contribution in [2.75, 3.05) is 0 Å². The molecule has 0 radical (unpaired) electrons. The third kappa shape index (κ3) is 7.13. The summed E-state index contributed by atoms with van der Waals surface area (Å²) in [4.78, 5) is 35.3. The highest BCUT2D eigenvalue weighted by Gasteiger charge is 2.17. The summed E-state index contributed by atoms with van der Waals surface area (Å²) < 4.78 is 20.1. The quantitative estimate of drug-likeness (QED) is 0.113. The number of benzene rings is 1. The monoisotopic (exact) mass is 412 g/mol. The van der Waals surface area contributed by atoms with Gasteiger partial charge in [0.05, 0.1) is 0 Å². The van der Waals surface area contributed by atoms with Crippen molar-refractivity contribution in [3.8, 4) is 23.5 Å². The van der Waals surface area contributed by atoms with Gasteiger partial charge in [0.15, 0.2) is 11.5 Å². The molecular weight excluding hydrogens is 388 g/mol. The lowest BCUT2D eigenvalue weighted by Crippen LogP contribution is -2.12. The third-order valence-electron chi connectivity index (χ3n) is 4.04. The lowest BCUT2D eigenvalue weighted by atomic mass is 10.1. The van der Waals surface area contributed by atoms with Gasteiger partial charge in [0.1, 0.15) is 11.7 Å². The molecule has 1 heterocycles. The zero-order valence-corrected chi connectivity index (χ0v) is 17.1. The molecule has 0 bridgehead atoms. The Kier molecular flexibility index (Phi) is 8.70. The predicted octanol–water partition coefficient (Wildman–Crippen LogP) is 5.11. The van der Waals surface area contributed by atoms with Gasteiger partial charge >= 0.3 is 17.8 Å². The Labute approximate surface area is 174 Å². The maximum atomic E-state index is 12.0. The molecule has 0 amide bonds. The highest BCUT2D eigenvalue weighted by atomic mass is 16.7. The van der Waals surface area contributed by atoms with E-state index in [2.05, 4.69) is 25.5 Å². The van der Waals surface area contributed by atoms with Gasteiger partial charge in [-0.05, 0) is 25.5 Å². The molecule has 0 unspecified atom stereocenters. The van der Waals surface area contributed by atoms with Crippen molar-refractivity contribution < 1.29 is 28.2 Å². The molecule has 0 saturated heterocycles. The van der Waals surface area contributed by atoms with Gasteiger partial charge in [-0.25, -0.2) is 14.4 Å². The Morgan fingerprint density at radius 1 is 1.07 bits per heavy atom. The van der Waals surface area contributed by atoms with Crippen molar-refractivity contribution in [2.45, 2.75) is 52.4 Å². The van der Waals surface area contributed by atoms with Gasteiger partial charge in [0, 0.05) is 29.5 Å². The Hall–Kier alpha value is -3.53. The van der Waals surface area contributed by atoms with Crippen molar-refractivity contribution in [1.29, 1.82) is 0 Å². The van der Waals surface area contributed by atoms with Gasteiger partial charge in [-0.2, -0.15) is 0 Å². The Balaban J connectivity index is 2.08. The molecular formula is C23H24O7. The van der Waals surface area contributed by atoms with Crippen LogP contribution in [0.15, 0.2) is 45.6 Å². The van der Waals surface area contributed by atoms with E-state index < -0.39 is 17.8 Å². The summed E-state index contributed by atoms with van der Waals surface area (Å²) >= 11 is 0. The van der Waals surface area contributed by atoms with E-state index in [0.29, 0.717) is 11.8 Å². The normalized spacial score (nSPS) is 10.1. The SMILES string of the molecule is C=C(C)C(=O)Oc1cc2oc(=O)ccc2cc1OC(=O)OC#CCCCCCCC. The minimum Gasteiger partial charge on any atom is -0.423 e. The number of carbonyl (C=O) groups is 2. The topological polar surface area (TPSA) is 92.0 Å². The second-order valence-electron chi connectivity index (χ2n) is 6.66. The molecule has 0 spiro atoms. The van der Waals surface area contributed by atoms with Gasteiger partial charge in [0.25, 0.3) is 0 Å². The van der Waals surface area contributed by atoms with Crippen LogP contribution < -0.4 is 15.1 Å². The number of hydrogen-bond donors (Lipinski definition) is 0. The third-order valence-corrected chi connectivity index (χ3v) is 4.04. The van der Waals surface area contributed by atoms with Crippen molar-refractivity contribution in [3.63, 3.8) is 0 Å². The molecule has 2 rings (SSSR count). The Bertz CT molecular complexity index is 1040. The molecule has 7 nitrogen and oxygen atoms in total. The number of carbonyl (C=O) groups excluding carboxylic acids is 2. The van der Waals surface area contributed by atoms with Crippen molar-refractivity contribution in [2.24, 2.45) is 0 Å². The van der Waals surface area contributed by atoms with E-state index in [1.54, 1.807) is 0 Å². The van der Waals surface area contributed by atoms with Crippen LogP contribution in [-0.2, 0) is 9.53 Å². The van der Waals surface area contributed by atoms with Gasteiger partial charge in [-0.15, -0.1) is 0 Å². The lowest BCUT2D eigenvalue weighted by molar-refractivity contribution is -0.130. The first-order valence-corrected chi connectivity index (χ1v) is 9.72. The zero-order valence-electron chi connectivity index (χ0n) is 17.1. The molecule has 2 aromatic rings. The molecule has 7 heteroatoms. The summed E-state index contributed by atoms with van der Waals surface area (Å²) in [7, 11) is 0. The summed E-state index contributed by atoms with van der Waals surface area (Å²) in [5, 5.41) is 0.464. The second-order valence-corrected chi connectivity index (χ2v) is 6.66. The van der Waals surface area contributed by atoms with Crippen molar-refractivity contribution >= 4 is 23.1 Å². The van der Waals surface area contributed by atoms with Gasteiger partial charge in [-0.1, -0.05) is 45.1 Å². The number of fused-ring (bicyclic) bond motifs is 1. The summed E-state index contributed by atoms with van der Waals surface area (Å²) in [6, 6.07) is 5.38. The maximum Gasteiger partial charge on any atom is 0.528 e. The van der Waals surface area contributed by atoms with Crippen LogP contribution in [0.25, 0.3) is 11.0 Å². The predicted molar refractivity (Wildman–Crippen MR) is 111 cm³/mol. The van der Waals surface area contributed by atoms with Crippen LogP contribution in [0.4, 0.5) is 4.79 Å². The minimum atomic E-state index is -1.07. The standard InChI is InChI=1S/C23H24O7/c1-4-5-6-7-8-9-10-13-27-23(26)30-19-14-17-11-12-21(24)28-18(17)15-20(19)29-22(25)16(2)3/h11-12,14-15H,2,4-9H2,1,3H3. The number of rotatable bonds is 8. The number of ether oxygens (including phenoxy) is 3. The van der Waals surface area contributed by atoms with Gasteiger partial charge < -0.3 is 18.6 Å². The molecule has 158 valence electrons. The van der Waals surface area contributed by atoms with E-state index in [-0.39, 0.29) is 22.7 Å². The van der Waals surface area contributed by atoms with E-state index in [1.165, 1.54) is 44.0 Å². The minimum absolute atomic E-state index is 0.0858. The van der Waals surface area contributed by atoms with E-state index >= 15 is 0 Å². The fraction of sp³-hybridized carbons (Fsp3) is 0.348. The van der Waals surface area contributed by atoms with Crippen LogP contribution in [0.2, 0.25) is 0 Å². The Morgan fingerprint density at radius 3 is 2.53 bits per heavy atom. The first-order chi connectivity index (χ1) is 14.4. The smallest absolute Gasteiger partial charge is 0.423 e. The molecule has 0 atom stereocenters. The highest BCUT2D eigenvalue weighted by Crippen LogP contribution is 2.33.